The number of nitrogen functional groups attached to an aromatic ring is 1. The number of piperidine rings is 1. The largest absolute Gasteiger partial charge is 0.396 e. The summed E-state index contributed by atoms with van der Waals surface area (Å²) in [7, 11) is 0. The Balaban J connectivity index is 1.24. The lowest BCUT2D eigenvalue weighted by Gasteiger charge is -2.36. The Morgan fingerprint density at radius 3 is 2.74 bits per heavy atom. The van der Waals surface area contributed by atoms with Gasteiger partial charge in [-0.1, -0.05) is 0 Å². The van der Waals surface area contributed by atoms with E-state index in [4.69, 9.17) is 5.73 Å². The quantitative estimate of drug-likeness (QED) is 0.545. The second-order valence-corrected chi connectivity index (χ2v) is 12.1. The summed E-state index contributed by atoms with van der Waals surface area (Å²) in [6.07, 6.45) is 5.35. The highest BCUT2D eigenvalue weighted by Crippen LogP contribution is 2.41. The molecule has 3 heterocycles. The van der Waals surface area contributed by atoms with Crippen LogP contribution in [0.5, 0.6) is 0 Å². The van der Waals surface area contributed by atoms with Crippen LogP contribution in [-0.4, -0.2) is 30.0 Å². The Hall–Kier alpha value is -2.70. The molecule has 176 valence electrons. The molecule has 3 aliphatic rings. The van der Waals surface area contributed by atoms with Crippen molar-refractivity contribution in [3.63, 3.8) is 0 Å². The molecule has 3 N–H and O–H groups in total. The average Bonchev–Trinajstić information content (AvgIpc) is 3.46. The van der Waals surface area contributed by atoms with Crippen LogP contribution in [0.3, 0.4) is 0 Å². The molecule has 0 radical (unpaired) electrons. The molecule has 2 aromatic heterocycles. The number of thiazole rings is 1. The van der Waals surface area contributed by atoms with Crippen LogP contribution in [0.25, 0.3) is 9.53 Å². The molecule has 1 amide bonds. The fraction of sp³-hybridized carbons (Fsp3) is 0.480. The monoisotopic (exact) mass is 495 g/mol. The van der Waals surface area contributed by atoms with Gasteiger partial charge in [0.1, 0.15) is 21.6 Å². The van der Waals surface area contributed by atoms with Gasteiger partial charge in [0.05, 0.1) is 26.6 Å². The third-order valence-electron chi connectivity index (χ3n) is 7.66. The molecule has 1 aliphatic heterocycles. The van der Waals surface area contributed by atoms with Crippen LogP contribution in [0.15, 0.2) is 6.07 Å². The Bertz CT molecular complexity index is 1340. The van der Waals surface area contributed by atoms with Gasteiger partial charge in [-0.2, -0.15) is 5.26 Å². The van der Waals surface area contributed by atoms with Crippen LogP contribution in [0.2, 0.25) is 0 Å². The van der Waals surface area contributed by atoms with Gasteiger partial charge in [-0.3, -0.25) is 4.79 Å². The molecule has 1 saturated carbocycles. The molecular formula is C25H26FN5OS2. The Morgan fingerprint density at radius 1 is 1.26 bits per heavy atom. The van der Waals surface area contributed by atoms with Gasteiger partial charge in [0.2, 0.25) is 0 Å². The fourth-order valence-electron chi connectivity index (χ4n) is 6.12. The summed E-state index contributed by atoms with van der Waals surface area (Å²) in [5, 5.41) is 14.0. The smallest absolute Gasteiger partial charge is 0.263 e. The Kier molecular flexibility index (Phi) is 5.26. The minimum Gasteiger partial charge on any atom is -0.396 e. The number of nitrogens with zero attached hydrogens (tertiary/aromatic N) is 3. The zero-order chi connectivity index (χ0) is 23.6. The number of amides is 1. The first-order chi connectivity index (χ1) is 16.4. The van der Waals surface area contributed by atoms with E-state index < -0.39 is 0 Å². The summed E-state index contributed by atoms with van der Waals surface area (Å²) in [4.78, 5) is 20.9. The number of anilines is 2. The topological polar surface area (TPSA) is 95.0 Å². The van der Waals surface area contributed by atoms with E-state index in [1.165, 1.54) is 41.9 Å². The number of carbonyl (C=O) groups is 1. The van der Waals surface area contributed by atoms with Gasteiger partial charge < -0.3 is 16.0 Å². The van der Waals surface area contributed by atoms with Crippen molar-refractivity contribution in [2.24, 2.45) is 11.8 Å². The van der Waals surface area contributed by atoms with Gasteiger partial charge in [-0.05, 0) is 74.5 Å². The van der Waals surface area contributed by atoms with E-state index in [1.54, 1.807) is 6.07 Å². The van der Waals surface area contributed by atoms with E-state index >= 15 is 4.39 Å². The van der Waals surface area contributed by atoms with Gasteiger partial charge in [0.15, 0.2) is 0 Å². The molecule has 34 heavy (non-hydrogen) atoms. The lowest BCUT2D eigenvalue weighted by atomic mass is 9.84. The molecule has 2 unspecified atom stereocenters. The average molecular weight is 496 g/mol. The highest BCUT2D eigenvalue weighted by molar-refractivity contribution is 7.29. The van der Waals surface area contributed by atoms with Crippen LogP contribution in [0.1, 0.15) is 57.1 Å². The number of nitriles is 1. The van der Waals surface area contributed by atoms with Crippen LogP contribution >= 0.6 is 22.7 Å². The standard InChI is InChI=1S/C25H26FN5OS2/c1-12-29-25-23(33-12)21(28)22(34-25)24(32)30-15-4-5-16-17(7-15)19(26)8-20(18(16)9-27)31-10-13-2-3-14(6-13)11-31/h8,13-15H,2-7,10-11,28H2,1H3,(H,30,32)/t13?,14?,15-/m0/s1. The van der Waals surface area contributed by atoms with Gasteiger partial charge in [-0.15, -0.1) is 22.7 Å². The zero-order valence-corrected chi connectivity index (χ0v) is 20.6. The van der Waals surface area contributed by atoms with E-state index in [0.717, 1.165) is 38.9 Å². The molecule has 6 rings (SSSR count). The number of benzene rings is 1. The molecule has 2 fully saturated rings. The molecular weight excluding hydrogens is 469 g/mol. The first-order valence-electron chi connectivity index (χ1n) is 11.9. The number of aromatic nitrogens is 1. The van der Waals surface area contributed by atoms with Crippen LogP contribution in [0.4, 0.5) is 15.8 Å². The maximum absolute atomic E-state index is 15.4. The van der Waals surface area contributed by atoms with Gasteiger partial charge in [-0.25, -0.2) is 9.37 Å². The molecule has 2 aliphatic carbocycles. The molecule has 2 bridgehead atoms. The number of rotatable bonds is 3. The number of hydrogen-bond acceptors (Lipinski definition) is 7. The third-order valence-corrected chi connectivity index (χ3v) is 9.89. The minimum atomic E-state index is -0.267. The van der Waals surface area contributed by atoms with Crippen LogP contribution < -0.4 is 16.0 Å². The second-order valence-electron chi connectivity index (χ2n) is 9.90. The highest BCUT2D eigenvalue weighted by atomic mass is 32.1. The lowest BCUT2D eigenvalue weighted by Crippen LogP contribution is -2.40. The molecule has 1 saturated heterocycles. The first kappa shape index (κ1) is 21.8. The number of halogens is 1. The highest BCUT2D eigenvalue weighted by Gasteiger charge is 2.35. The van der Waals surface area contributed by atoms with Crippen LogP contribution in [-0.2, 0) is 12.8 Å². The first-order valence-corrected chi connectivity index (χ1v) is 13.5. The summed E-state index contributed by atoms with van der Waals surface area (Å²) >= 11 is 2.79. The summed E-state index contributed by atoms with van der Waals surface area (Å²) in [5.41, 5.74) is 9.45. The fourth-order valence-corrected chi connectivity index (χ4v) is 8.21. The summed E-state index contributed by atoms with van der Waals surface area (Å²) in [5.74, 6) is 0.808. The van der Waals surface area contributed by atoms with Crippen LogP contribution in [0, 0.1) is 35.9 Å². The summed E-state index contributed by atoms with van der Waals surface area (Å²) in [6.45, 7) is 3.74. The van der Waals surface area contributed by atoms with Crippen molar-refractivity contribution in [1.82, 2.24) is 10.3 Å². The van der Waals surface area contributed by atoms with E-state index in [2.05, 4.69) is 21.3 Å². The maximum atomic E-state index is 15.4. The Morgan fingerprint density at radius 2 is 2.03 bits per heavy atom. The molecule has 3 atom stereocenters. The third kappa shape index (κ3) is 3.55. The van der Waals surface area contributed by atoms with Gasteiger partial charge >= 0.3 is 0 Å². The number of thiophene rings is 1. The number of fused-ring (bicyclic) bond motifs is 4. The van der Waals surface area contributed by atoms with Crippen molar-refractivity contribution in [2.75, 3.05) is 23.7 Å². The summed E-state index contributed by atoms with van der Waals surface area (Å²) < 4.78 is 16.2. The van der Waals surface area contributed by atoms with Crippen molar-refractivity contribution >= 4 is 49.5 Å². The minimum absolute atomic E-state index is 0.202. The normalized spacial score (nSPS) is 23.7. The Labute approximate surface area is 205 Å². The molecule has 1 aromatic carbocycles. The maximum Gasteiger partial charge on any atom is 0.263 e. The second kappa shape index (κ2) is 8.21. The van der Waals surface area contributed by atoms with Crippen molar-refractivity contribution in [1.29, 1.82) is 5.26 Å². The number of nitrogens with two attached hydrogens (primary N) is 1. The van der Waals surface area contributed by atoms with Crippen molar-refractivity contribution in [3.8, 4) is 6.07 Å². The van der Waals surface area contributed by atoms with E-state index in [0.29, 0.717) is 52.8 Å². The zero-order valence-electron chi connectivity index (χ0n) is 19.0. The number of hydrogen-bond donors (Lipinski definition) is 2. The predicted octanol–water partition coefficient (Wildman–Crippen LogP) is 4.78. The van der Waals surface area contributed by atoms with Gasteiger partial charge in [0, 0.05) is 19.1 Å². The number of nitrogens with one attached hydrogen (secondary N) is 1. The molecule has 3 aromatic rings. The predicted molar refractivity (Wildman–Crippen MR) is 134 cm³/mol. The van der Waals surface area contributed by atoms with Gasteiger partial charge in [0.25, 0.3) is 5.91 Å². The SMILES string of the molecule is Cc1nc2sc(C(=O)N[C@H]3CCc4c(C#N)c(N5CC6CCC(C6)C5)cc(F)c4C3)c(N)c2s1. The van der Waals surface area contributed by atoms with E-state index in [1.807, 2.05) is 6.92 Å². The van der Waals surface area contributed by atoms with E-state index in [-0.39, 0.29) is 17.8 Å². The lowest BCUT2D eigenvalue weighted by molar-refractivity contribution is 0.0938. The summed E-state index contributed by atoms with van der Waals surface area (Å²) in [6, 6.07) is 3.75. The molecule has 0 spiro atoms. The molecule has 9 heteroatoms. The number of aryl methyl sites for hydroxylation is 1. The number of carbonyl (C=O) groups excluding carboxylic acids is 1. The van der Waals surface area contributed by atoms with Crippen molar-refractivity contribution in [2.45, 2.75) is 51.5 Å². The van der Waals surface area contributed by atoms with E-state index in [9.17, 15) is 10.1 Å². The van der Waals surface area contributed by atoms with Crippen molar-refractivity contribution < 1.29 is 9.18 Å². The van der Waals surface area contributed by atoms with Crippen molar-refractivity contribution in [3.05, 3.63) is 38.5 Å². The molecule has 6 nitrogen and oxygen atoms in total.